The molecule has 0 heterocycles. The van der Waals surface area contributed by atoms with Gasteiger partial charge in [-0.2, -0.15) is 0 Å². The number of hydrogen-bond donors (Lipinski definition) is 0. The van der Waals surface area contributed by atoms with Gasteiger partial charge in [0, 0.05) is 11.8 Å². The third kappa shape index (κ3) is 1.60. The molecule has 0 saturated heterocycles. The highest BCUT2D eigenvalue weighted by molar-refractivity contribution is 5.37. The maximum absolute atomic E-state index is 11.9. The van der Waals surface area contributed by atoms with Crippen LogP contribution in [0, 0.1) is 11.8 Å². The van der Waals surface area contributed by atoms with Crippen LogP contribution in [0.4, 0.5) is 0 Å². The van der Waals surface area contributed by atoms with Crippen LogP contribution >= 0.6 is 0 Å². The summed E-state index contributed by atoms with van der Waals surface area (Å²) in [7, 11) is 0. The first-order chi connectivity index (χ1) is 6.59. The topological polar surface area (TPSA) is 23.1 Å². The van der Waals surface area contributed by atoms with E-state index in [0.717, 1.165) is 5.57 Å². The summed E-state index contributed by atoms with van der Waals surface area (Å²) >= 11 is 0. The van der Waals surface area contributed by atoms with Crippen molar-refractivity contribution < 1.29 is 5.11 Å². The number of hydrogen-bond acceptors (Lipinski definition) is 1. The van der Waals surface area contributed by atoms with Crippen LogP contribution in [0.3, 0.4) is 0 Å². The molecule has 0 saturated carbocycles. The molecule has 0 aromatic carbocycles. The van der Waals surface area contributed by atoms with Gasteiger partial charge < -0.3 is 5.11 Å². The van der Waals surface area contributed by atoms with E-state index in [4.69, 9.17) is 0 Å². The molecule has 1 atom stereocenters. The van der Waals surface area contributed by atoms with Crippen molar-refractivity contribution in [3.63, 3.8) is 0 Å². The zero-order valence-electron chi connectivity index (χ0n) is 8.60. The lowest BCUT2D eigenvalue weighted by molar-refractivity contribution is -0.452. The van der Waals surface area contributed by atoms with Crippen LogP contribution in [0.1, 0.15) is 13.8 Å². The molecule has 74 valence electrons. The molecule has 14 heavy (non-hydrogen) atoms. The summed E-state index contributed by atoms with van der Waals surface area (Å²) in [5.41, 5.74) is 0.0389. The first kappa shape index (κ1) is 9.47. The fourth-order valence-corrected chi connectivity index (χ4v) is 2.12. The van der Waals surface area contributed by atoms with Crippen molar-refractivity contribution in [2.75, 3.05) is 0 Å². The molecule has 0 fully saturated rings. The predicted octanol–water partition coefficient (Wildman–Crippen LogP) is 1.98. The van der Waals surface area contributed by atoms with Crippen molar-refractivity contribution in [2.45, 2.75) is 19.4 Å². The fourth-order valence-electron chi connectivity index (χ4n) is 2.12. The van der Waals surface area contributed by atoms with E-state index in [1.54, 1.807) is 13.8 Å². The second-order valence-corrected chi connectivity index (χ2v) is 4.39. The summed E-state index contributed by atoms with van der Waals surface area (Å²) in [6, 6.07) is 0. The van der Waals surface area contributed by atoms with Crippen molar-refractivity contribution in [1.82, 2.24) is 0 Å². The standard InChI is InChI=1S/C13H15O/c1-13(2,14)12-9-5-8-11(12)10-6-3-4-7-10/h3-11H,1-2H3/q-1. The van der Waals surface area contributed by atoms with Crippen LogP contribution in [-0.4, -0.2) is 5.60 Å². The van der Waals surface area contributed by atoms with Gasteiger partial charge in [0.25, 0.3) is 0 Å². The molecule has 1 heteroatoms. The Morgan fingerprint density at radius 1 is 1.07 bits per heavy atom. The first-order valence-electron chi connectivity index (χ1n) is 5.03. The molecule has 0 bridgehead atoms. The van der Waals surface area contributed by atoms with E-state index in [2.05, 4.69) is 18.2 Å². The maximum atomic E-state index is 11.9. The second kappa shape index (κ2) is 3.25. The van der Waals surface area contributed by atoms with Gasteiger partial charge in [-0.25, -0.2) is 0 Å². The molecule has 0 aromatic heterocycles. The Balaban J connectivity index is 2.21. The molecule has 0 aromatic rings. The Kier molecular flexibility index (Phi) is 2.20. The molecule has 2 rings (SSSR count). The van der Waals surface area contributed by atoms with Crippen LogP contribution < -0.4 is 5.11 Å². The van der Waals surface area contributed by atoms with Crippen molar-refractivity contribution >= 4 is 0 Å². The summed E-state index contributed by atoms with van der Waals surface area (Å²) in [6.07, 6.45) is 14.5. The lowest BCUT2D eigenvalue weighted by Gasteiger charge is -2.38. The van der Waals surface area contributed by atoms with E-state index in [0.29, 0.717) is 5.92 Å². The SMILES string of the molecule is CC(C)([O-])C1=CC=CC1C1C=CC=C1. The Labute approximate surface area is 85.1 Å². The smallest absolute Gasteiger partial charge is 0.00725 e. The van der Waals surface area contributed by atoms with Gasteiger partial charge in [0.1, 0.15) is 0 Å². The minimum absolute atomic E-state index is 0.275. The molecule has 0 aliphatic heterocycles. The van der Waals surface area contributed by atoms with Crippen molar-refractivity contribution in [2.24, 2.45) is 11.8 Å². The average Bonchev–Trinajstić information content (AvgIpc) is 2.73. The van der Waals surface area contributed by atoms with E-state index >= 15 is 0 Å². The minimum Gasteiger partial charge on any atom is -0.847 e. The quantitative estimate of drug-likeness (QED) is 0.648. The molecule has 0 N–H and O–H groups in total. The molecule has 2 aliphatic rings. The van der Waals surface area contributed by atoms with Gasteiger partial charge in [-0.15, -0.1) is 0 Å². The van der Waals surface area contributed by atoms with E-state index in [1.807, 2.05) is 24.3 Å². The third-order valence-corrected chi connectivity index (χ3v) is 2.84. The van der Waals surface area contributed by atoms with E-state index in [-0.39, 0.29) is 5.92 Å². The van der Waals surface area contributed by atoms with Crippen LogP contribution in [0.25, 0.3) is 0 Å². The average molecular weight is 187 g/mol. The molecular formula is C13H15O-. The van der Waals surface area contributed by atoms with Gasteiger partial charge in [-0.1, -0.05) is 67.6 Å². The van der Waals surface area contributed by atoms with Gasteiger partial charge in [-0.05, 0) is 0 Å². The molecule has 0 spiro atoms. The summed E-state index contributed by atoms with van der Waals surface area (Å²) in [6.45, 7) is 3.47. The van der Waals surface area contributed by atoms with Crippen LogP contribution in [0.15, 0.2) is 48.1 Å². The Morgan fingerprint density at radius 2 is 1.71 bits per heavy atom. The van der Waals surface area contributed by atoms with Gasteiger partial charge in [0.05, 0.1) is 0 Å². The highest BCUT2D eigenvalue weighted by Gasteiger charge is 2.26. The number of allylic oxidation sites excluding steroid dienone is 7. The zero-order valence-corrected chi connectivity index (χ0v) is 8.60. The zero-order chi connectivity index (χ0) is 10.2. The summed E-state index contributed by atoms with van der Waals surface area (Å²) in [5.74, 6) is 0.658. The van der Waals surface area contributed by atoms with Gasteiger partial charge in [0.2, 0.25) is 0 Å². The predicted molar refractivity (Wildman–Crippen MR) is 56.6 cm³/mol. The summed E-state index contributed by atoms with van der Waals surface area (Å²) in [4.78, 5) is 0. The monoisotopic (exact) mass is 187 g/mol. The van der Waals surface area contributed by atoms with Crippen molar-refractivity contribution in [3.8, 4) is 0 Å². The Morgan fingerprint density at radius 3 is 2.29 bits per heavy atom. The molecule has 1 unspecified atom stereocenters. The molecule has 0 radical (unpaired) electrons. The normalized spacial score (nSPS) is 26.2. The second-order valence-electron chi connectivity index (χ2n) is 4.39. The van der Waals surface area contributed by atoms with Crippen molar-refractivity contribution in [3.05, 3.63) is 48.1 Å². The lowest BCUT2D eigenvalue weighted by Crippen LogP contribution is -2.41. The Hall–Kier alpha value is -1.08. The molecule has 2 aliphatic carbocycles. The van der Waals surface area contributed by atoms with Crippen LogP contribution in [0.5, 0.6) is 0 Å². The van der Waals surface area contributed by atoms with E-state index in [9.17, 15) is 5.11 Å². The van der Waals surface area contributed by atoms with Gasteiger partial charge in [-0.3, -0.25) is 0 Å². The van der Waals surface area contributed by atoms with E-state index < -0.39 is 5.60 Å². The molecule has 0 amide bonds. The van der Waals surface area contributed by atoms with Gasteiger partial charge >= 0.3 is 0 Å². The highest BCUT2D eigenvalue weighted by Crippen LogP contribution is 2.35. The largest absolute Gasteiger partial charge is 0.847 e. The third-order valence-electron chi connectivity index (χ3n) is 2.84. The first-order valence-corrected chi connectivity index (χ1v) is 5.03. The number of rotatable bonds is 2. The van der Waals surface area contributed by atoms with Crippen LogP contribution in [0.2, 0.25) is 0 Å². The summed E-state index contributed by atoms with van der Waals surface area (Å²) < 4.78 is 0. The Bertz CT molecular complexity index is 325. The maximum Gasteiger partial charge on any atom is 0.00725 e. The van der Waals surface area contributed by atoms with Crippen molar-refractivity contribution in [1.29, 1.82) is 0 Å². The summed E-state index contributed by atoms with van der Waals surface area (Å²) in [5, 5.41) is 11.9. The minimum atomic E-state index is -0.960. The highest BCUT2D eigenvalue weighted by atomic mass is 16.3. The molecule has 1 nitrogen and oxygen atoms in total. The molecular weight excluding hydrogens is 172 g/mol. The van der Waals surface area contributed by atoms with Crippen LogP contribution in [-0.2, 0) is 0 Å². The van der Waals surface area contributed by atoms with Gasteiger partial charge in [0.15, 0.2) is 0 Å². The fraction of sp³-hybridized carbons (Fsp3) is 0.385. The lowest BCUT2D eigenvalue weighted by atomic mass is 9.81. The van der Waals surface area contributed by atoms with E-state index in [1.165, 1.54) is 0 Å².